The number of hydrogen-bond donors (Lipinski definition) is 2. The zero-order valence-corrected chi connectivity index (χ0v) is 9.17. The van der Waals surface area contributed by atoms with Crippen LogP contribution in [0.2, 0.25) is 5.02 Å². The van der Waals surface area contributed by atoms with E-state index in [-0.39, 0.29) is 0 Å². The summed E-state index contributed by atoms with van der Waals surface area (Å²) in [4.78, 5) is 7.41. The number of H-pyrrole nitrogens is 1. The predicted octanol–water partition coefficient (Wildman–Crippen LogP) is 2.45. The standard InChI is InChI=1S/C11H12ClN3/c1-13-6-10-11(15-7-14-10)8-2-4-9(12)5-3-8/h2-5,7,13H,6H2,1H3,(H,14,15). The molecule has 0 bridgehead atoms. The minimum atomic E-state index is 0.740. The first-order valence-corrected chi connectivity index (χ1v) is 5.12. The summed E-state index contributed by atoms with van der Waals surface area (Å²) in [7, 11) is 1.91. The largest absolute Gasteiger partial charge is 0.347 e. The molecule has 0 unspecified atom stereocenters. The van der Waals surface area contributed by atoms with Crippen LogP contribution in [-0.4, -0.2) is 17.0 Å². The first-order chi connectivity index (χ1) is 7.31. The first-order valence-electron chi connectivity index (χ1n) is 4.74. The second kappa shape index (κ2) is 4.47. The van der Waals surface area contributed by atoms with Gasteiger partial charge in [-0.05, 0) is 19.2 Å². The lowest BCUT2D eigenvalue weighted by Crippen LogP contribution is -2.06. The van der Waals surface area contributed by atoms with Crippen molar-refractivity contribution in [3.05, 3.63) is 41.3 Å². The van der Waals surface area contributed by atoms with Gasteiger partial charge in [0.15, 0.2) is 0 Å². The number of aromatic nitrogens is 2. The molecule has 3 nitrogen and oxygen atoms in total. The molecule has 0 amide bonds. The lowest BCUT2D eigenvalue weighted by atomic mass is 10.1. The van der Waals surface area contributed by atoms with Crippen molar-refractivity contribution in [2.45, 2.75) is 6.54 Å². The van der Waals surface area contributed by atoms with Gasteiger partial charge in [-0.2, -0.15) is 0 Å². The first kappa shape index (κ1) is 10.2. The van der Waals surface area contributed by atoms with Crippen LogP contribution >= 0.6 is 11.6 Å². The van der Waals surface area contributed by atoms with E-state index in [2.05, 4.69) is 15.3 Å². The summed E-state index contributed by atoms with van der Waals surface area (Å²) in [5, 5.41) is 3.83. The normalized spacial score (nSPS) is 10.5. The number of halogens is 1. The van der Waals surface area contributed by atoms with E-state index >= 15 is 0 Å². The SMILES string of the molecule is CNCc1[nH]cnc1-c1ccc(Cl)cc1. The van der Waals surface area contributed by atoms with Crippen LogP contribution in [0.3, 0.4) is 0 Å². The molecule has 1 heterocycles. The minimum Gasteiger partial charge on any atom is -0.347 e. The summed E-state index contributed by atoms with van der Waals surface area (Å²) in [5.41, 5.74) is 3.13. The third kappa shape index (κ3) is 2.19. The molecule has 0 fully saturated rings. The maximum atomic E-state index is 5.83. The highest BCUT2D eigenvalue weighted by atomic mass is 35.5. The topological polar surface area (TPSA) is 40.7 Å². The number of imidazole rings is 1. The summed E-state index contributed by atoms with van der Waals surface area (Å²) in [5.74, 6) is 0. The molecule has 0 atom stereocenters. The van der Waals surface area contributed by atoms with Gasteiger partial charge in [0, 0.05) is 17.1 Å². The van der Waals surface area contributed by atoms with Gasteiger partial charge in [-0.15, -0.1) is 0 Å². The van der Waals surface area contributed by atoms with E-state index in [0.717, 1.165) is 28.5 Å². The highest BCUT2D eigenvalue weighted by Gasteiger charge is 2.06. The lowest BCUT2D eigenvalue weighted by Gasteiger charge is -2.02. The Hall–Kier alpha value is -1.32. The van der Waals surface area contributed by atoms with Crippen LogP contribution in [0.25, 0.3) is 11.3 Å². The molecule has 0 saturated carbocycles. The van der Waals surface area contributed by atoms with Crippen molar-refractivity contribution in [3.63, 3.8) is 0 Å². The second-order valence-electron chi connectivity index (χ2n) is 3.27. The predicted molar refractivity (Wildman–Crippen MR) is 61.8 cm³/mol. The van der Waals surface area contributed by atoms with Crippen molar-refractivity contribution in [3.8, 4) is 11.3 Å². The van der Waals surface area contributed by atoms with Gasteiger partial charge >= 0.3 is 0 Å². The molecule has 4 heteroatoms. The molecule has 2 N–H and O–H groups in total. The summed E-state index contributed by atoms with van der Waals surface area (Å²) in [6, 6.07) is 7.68. The van der Waals surface area contributed by atoms with Crippen molar-refractivity contribution in [1.82, 2.24) is 15.3 Å². The molecule has 2 aromatic rings. The quantitative estimate of drug-likeness (QED) is 0.836. The molecule has 0 aliphatic heterocycles. The van der Waals surface area contributed by atoms with E-state index in [1.54, 1.807) is 6.33 Å². The molecule has 0 radical (unpaired) electrons. The summed E-state index contributed by atoms with van der Waals surface area (Å²) in [6.45, 7) is 0.776. The minimum absolute atomic E-state index is 0.740. The Bertz CT molecular complexity index is 433. The number of nitrogens with one attached hydrogen (secondary N) is 2. The molecular weight excluding hydrogens is 210 g/mol. The molecule has 1 aromatic carbocycles. The molecule has 2 rings (SSSR count). The molecule has 0 spiro atoms. The number of rotatable bonds is 3. The van der Waals surface area contributed by atoms with Crippen molar-refractivity contribution in [2.75, 3.05) is 7.05 Å². The van der Waals surface area contributed by atoms with Gasteiger partial charge in [0.05, 0.1) is 17.7 Å². The fourth-order valence-electron chi connectivity index (χ4n) is 1.49. The van der Waals surface area contributed by atoms with E-state index in [1.165, 1.54) is 0 Å². The molecule has 15 heavy (non-hydrogen) atoms. The molecule has 0 aliphatic rings. The fraction of sp³-hybridized carbons (Fsp3) is 0.182. The van der Waals surface area contributed by atoms with Crippen molar-refractivity contribution in [1.29, 1.82) is 0 Å². The highest BCUT2D eigenvalue weighted by Crippen LogP contribution is 2.22. The van der Waals surface area contributed by atoms with Crippen LogP contribution in [-0.2, 0) is 6.54 Å². The van der Waals surface area contributed by atoms with Crippen molar-refractivity contribution < 1.29 is 0 Å². The zero-order valence-electron chi connectivity index (χ0n) is 8.42. The summed E-state index contributed by atoms with van der Waals surface area (Å²) >= 11 is 5.83. The van der Waals surface area contributed by atoms with Crippen LogP contribution in [0.5, 0.6) is 0 Å². The molecular formula is C11H12ClN3. The number of nitrogens with zero attached hydrogens (tertiary/aromatic N) is 1. The summed E-state index contributed by atoms with van der Waals surface area (Å²) < 4.78 is 0. The maximum Gasteiger partial charge on any atom is 0.0929 e. The zero-order chi connectivity index (χ0) is 10.7. The van der Waals surface area contributed by atoms with Gasteiger partial charge in [0.1, 0.15) is 0 Å². The molecule has 0 saturated heterocycles. The molecule has 78 valence electrons. The van der Waals surface area contributed by atoms with E-state index in [1.807, 2.05) is 31.3 Å². The number of aromatic amines is 1. The highest BCUT2D eigenvalue weighted by molar-refractivity contribution is 6.30. The van der Waals surface area contributed by atoms with Crippen LogP contribution < -0.4 is 5.32 Å². The third-order valence-corrected chi connectivity index (χ3v) is 2.44. The second-order valence-corrected chi connectivity index (χ2v) is 3.70. The fourth-order valence-corrected chi connectivity index (χ4v) is 1.62. The lowest BCUT2D eigenvalue weighted by molar-refractivity contribution is 0.798. The van der Waals surface area contributed by atoms with Gasteiger partial charge < -0.3 is 10.3 Å². The average molecular weight is 222 g/mol. The van der Waals surface area contributed by atoms with Crippen LogP contribution in [0.15, 0.2) is 30.6 Å². The van der Waals surface area contributed by atoms with Gasteiger partial charge in [-0.25, -0.2) is 4.98 Å². The molecule has 0 aliphatic carbocycles. The Kier molecular flexibility index (Phi) is 3.04. The van der Waals surface area contributed by atoms with Crippen LogP contribution in [0.1, 0.15) is 5.69 Å². The van der Waals surface area contributed by atoms with E-state index in [9.17, 15) is 0 Å². The average Bonchev–Trinajstić information content (AvgIpc) is 2.68. The maximum absolute atomic E-state index is 5.83. The Morgan fingerprint density at radius 3 is 2.73 bits per heavy atom. The number of benzene rings is 1. The van der Waals surface area contributed by atoms with Crippen LogP contribution in [0.4, 0.5) is 0 Å². The third-order valence-electron chi connectivity index (χ3n) is 2.19. The van der Waals surface area contributed by atoms with Crippen LogP contribution in [0, 0.1) is 0 Å². The smallest absolute Gasteiger partial charge is 0.0929 e. The van der Waals surface area contributed by atoms with Gasteiger partial charge in [-0.3, -0.25) is 0 Å². The van der Waals surface area contributed by atoms with Gasteiger partial charge in [0.25, 0.3) is 0 Å². The van der Waals surface area contributed by atoms with E-state index < -0.39 is 0 Å². The van der Waals surface area contributed by atoms with Crippen molar-refractivity contribution in [2.24, 2.45) is 0 Å². The molecule has 1 aromatic heterocycles. The van der Waals surface area contributed by atoms with Gasteiger partial charge in [-0.1, -0.05) is 23.7 Å². The van der Waals surface area contributed by atoms with Gasteiger partial charge in [0.2, 0.25) is 0 Å². The Morgan fingerprint density at radius 2 is 2.07 bits per heavy atom. The Labute approximate surface area is 93.5 Å². The van der Waals surface area contributed by atoms with E-state index in [0.29, 0.717) is 0 Å². The monoisotopic (exact) mass is 221 g/mol. The Balaban J connectivity index is 2.36. The number of hydrogen-bond acceptors (Lipinski definition) is 2. The summed E-state index contributed by atoms with van der Waals surface area (Å²) in [6.07, 6.45) is 1.70. The van der Waals surface area contributed by atoms with Crippen molar-refractivity contribution >= 4 is 11.6 Å². The Morgan fingerprint density at radius 1 is 1.33 bits per heavy atom. The van der Waals surface area contributed by atoms with E-state index in [4.69, 9.17) is 11.6 Å².